The Morgan fingerprint density at radius 2 is 1.88 bits per heavy atom. The minimum Gasteiger partial charge on any atom is -0.497 e. The summed E-state index contributed by atoms with van der Waals surface area (Å²) in [6.45, 7) is 4.60. The minimum atomic E-state index is 0.634. The Hall–Kier alpha value is -1.02. The maximum Gasteiger partial charge on any atom is 0.119 e. The zero-order chi connectivity index (χ0) is 11.3. The molecule has 0 saturated carbocycles. The minimum absolute atomic E-state index is 0.634. The van der Waals surface area contributed by atoms with Gasteiger partial charge in [-0.3, -0.25) is 4.90 Å². The van der Waals surface area contributed by atoms with Gasteiger partial charge in [0.2, 0.25) is 0 Å². The predicted octanol–water partition coefficient (Wildman–Crippen LogP) is 3.30. The number of rotatable bonds is 2. The second-order valence-corrected chi connectivity index (χ2v) is 5.14. The van der Waals surface area contributed by atoms with E-state index in [1.54, 1.807) is 7.11 Å². The fourth-order valence-corrected chi connectivity index (χ4v) is 3.45. The number of methoxy groups -OCH3 is 1. The highest BCUT2D eigenvalue weighted by Gasteiger charge is 2.44. The van der Waals surface area contributed by atoms with E-state index in [0.29, 0.717) is 18.1 Å². The number of nitrogens with zero attached hydrogens (tertiary/aromatic N) is 1. The quantitative estimate of drug-likeness (QED) is 0.753. The first-order valence-electron chi connectivity index (χ1n) is 6.17. The smallest absolute Gasteiger partial charge is 0.119 e. The van der Waals surface area contributed by atoms with Crippen LogP contribution in [-0.2, 0) is 0 Å². The van der Waals surface area contributed by atoms with Gasteiger partial charge in [-0.05, 0) is 49.9 Å². The van der Waals surface area contributed by atoms with Gasteiger partial charge >= 0.3 is 0 Å². The van der Waals surface area contributed by atoms with E-state index < -0.39 is 0 Å². The third kappa shape index (κ3) is 1.23. The molecule has 0 radical (unpaired) electrons. The first-order valence-corrected chi connectivity index (χ1v) is 6.17. The molecule has 16 heavy (non-hydrogen) atoms. The predicted molar refractivity (Wildman–Crippen MR) is 64.7 cm³/mol. The maximum atomic E-state index is 5.32. The zero-order valence-corrected chi connectivity index (χ0v) is 10.2. The number of hydrogen-bond donors (Lipinski definition) is 0. The molecule has 3 rings (SSSR count). The van der Waals surface area contributed by atoms with Crippen molar-refractivity contribution in [3.63, 3.8) is 0 Å². The second-order valence-electron chi connectivity index (χ2n) is 5.14. The Morgan fingerprint density at radius 3 is 2.50 bits per heavy atom. The van der Waals surface area contributed by atoms with Crippen LogP contribution in [-0.4, -0.2) is 18.1 Å². The molecule has 0 aliphatic carbocycles. The summed E-state index contributed by atoms with van der Waals surface area (Å²) in [7, 11) is 1.75. The third-order valence-corrected chi connectivity index (χ3v) is 4.04. The summed E-state index contributed by atoms with van der Waals surface area (Å²) < 4.78 is 5.32. The molecule has 1 fully saturated rings. The van der Waals surface area contributed by atoms with Crippen molar-refractivity contribution >= 4 is 0 Å². The van der Waals surface area contributed by atoms with Gasteiger partial charge in [0, 0.05) is 18.1 Å². The number of fused-ring (bicyclic) bond motifs is 5. The standard InChI is InChI=1S/C14H19NO/c1-9(2)15-13-6-7-14(15)12-8-10(16-3)4-5-11(12)13/h4-5,8-9,13-14H,6-7H2,1-3H3/t13-,14+/m1/s1. The van der Waals surface area contributed by atoms with Crippen LogP contribution in [0.3, 0.4) is 0 Å². The van der Waals surface area contributed by atoms with Gasteiger partial charge in [-0.2, -0.15) is 0 Å². The molecule has 2 heteroatoms. The molecule has 2 aliphatic rings. The molecule has 1 aromatic carbocycles. The van der Waals surface area contributed by atoms with Gasteiger partial charge < -0.3 is 4.74 Å². The van der Waals surface area contributed by atoms with Gasteiger partial charge in [-0.15, -0.1) is 0 Å². The first kappa shape index (κ1) is 10.2. The van der Waals surface area contributed by atoms with Crippen molar-refractivity contribution in [3.05, 3.63) is 29.3 Å². The van der Waals surface area contributed by atoms with E-state index in [2.05, 4.69) is 36.9 Å². The van der Waals surface area contributed by atoms with Gasteiger partial charge in [0.1, 0.15) is 5.75 Å². The summed E-state index contributed by atoms with van der Waals surface area (Å²) in [5.74, 6) is 0.995. The van der Waals surface area contributed by atoms with Gasteiger partial charge in [-0.25, -0.2) is 0 Å². The molecule has 2 atom stereocenters. The summed E-state index contributed by atoms with van der Waals surface area (Å²) in [5, 5.41) is 0. The molecule has 86 valence electrons. The van der Waals surface area contributed by atoms with Crippen LogP contribution in [0.15, 0.2) is 18.2 Å². The molecule has 2 nitrogen and oxygen atoms in total. The molecule has 2 bridgehead atoms. The molecule has 2 heterocycles. The highest BCUT2D eigenvalue weighted by atomic mass is 16.5. The van der Waals surface area contributed by atoms with Gasteiger partial charge in [0.15, 0.2) is 0 Å². The molecule has 0 spiro atoms. The summed E-state index contributed by atoms with van der Waals surface area (Å²) in [6.07, 6.45) is 2.63. The zero-order valence-electron chi connectivity index (χ0n) is 10.2. The summed E-state index contributed by atoms with van der Waals surface area (Å²) in [6, 6.07) is 8.51. The van der Waals surface area contributed by atoms with Crippen molar-refractivity contribution in [2.24, 2.45) is 0 Å². The van der Waals surface area contributed by atoms with Crippen molar-refractivity contribution in [1.82, 2.24) is 4.90 Å². The van der Waals surface area contributed by atoms with Crippen LogP contribution in [0.5, 0.6) is 5.75 Å². The third-order valence-electron chi connectivity index (χ3n) is 4.04. The van der Waals surface area contributed by atoms with E-state index in [1.165, 1.54) is 24.0 Å². The lowest BCUT2D eigenvalue weighted by molar-refractivity contribution is 0.174. The van der Waals surface area contributed by atoms with Crippen molar-refractivity contribution in [2.75, 3.05) is 7.11 Å². The number of ether oxygens (including phenoxy) is 1. The SMILES string of the molecule is COc1ccc2c(c1)[C@@H]1CC[C@H]2N1C(C)C. The van der Waals surface area contributed by atoms with Crippen LogP contribution < -0.4 is 4.74 Å². The molecular formula is C14H19NO. The average molecular weight is 217 g/mol. The Morgan fingerprint density at radius 1 is 1.19 bits per heavy atom. The second kappa shape index (κ2) is 3.49. The Balaban J connectivity index is 2.05. The van der Waals surface area contributed by atoms with Crippen LogP contribution in [0.25, 0.3) is 0 Å². The topological polar surface area (TPSA) is 12.5 Å². The van der Waals surface area contributed by atoms with Crippen LogP contribution >= 0.6 is 0 Å². The largest absolute Gasteiger partial charge is 0.497 e. The van der Waals surface area contributed by atoms with E-state index in [0.717, 1.165) is 5.75 Å². The molecule has 0 N–H and O–H groups in total. The van der Waals surface area contributed by atoms with Crippen LogP contribution in [0, 0.1) is 0 Å². The molecule has 1 saturated heterocycles. The molecule has 1 aromatic rings. The molecule has 0 unspecified atom stereocenters. The Labute approximate surface area is 97.2 Å². The normalized spacial score (nSPS) is 27.5. The highest BCUT2D eigenvalue weighted by molar-refractivity contribution is 5.45. The van der Waals surface area contributed by atoms with Gasteiger partial charge in [-0.1, -0.05) is 6.07 Å². The highest BCUT2D eigenvalue weighted by Crippen LogP contribution is 2.54. The van der Waals surface area contributed by atoms with E-state index in [-0.39, 0.29) is 0 Å². The Bertz CT molecular complexity index is 413. The summed E-state index contributed by atoms with van der Waals surface area (Å²) >= 11 is 0. The van der Waals surface area contributed by atoms with E-state index in [4.69, 9.17) is 4.74 Å². The lowest BCUT2D eigenvalue weighted by Crippen LogP contribution is -2.27. The fourth-order valence-electron chi connectivity index (χ4n) is 3.45. The lowest BCUT2D eigenvalue weighted by Gasteiger charge is -2.26. The number of benzene rings is 1. The summed E-state index contributed by atoms with van der Waals surface area (Å²) in [4.78, 5) is 2.66. The van der Waals surface area contributed by atoms with Crippen LogP contribution in [0.4, 0.5) is 0 Å². The monoisotopic (exact) mass is 217 g/mol. The van der Waals surface area contributed by atoms with Crippen molar-refractivity contribution in [1.29, 1.82) is 0 Å². The lowest BCUT2D eigenvalue weighted by atomic mass is 9.92. The molecule has 0 amide bonds. The number of hydrogen-bond acceptors (Lipinski definition) is 2. The van der Waals surface area contributed by atoms with Gasteiger partial charge in [0.05, 0.1) is 7.11 Å². The van der Waals surface area contributed by atoms with Crippen molar-refractivity contribution in [3.8, 4) is 5.75 Å². The first-order chi connectivity index (χ1) is 7.72. The van der Waals surface area contributed by atoms with E-state index in [1.807, 2.05) is 0 Å². The van der Waals surface area contributed by atoms with Gasteiger partial charge in [0.25, 0.3) is 0 Å². The summed E-state index contributed by atoms with van der Waals surface area (Å²) in [5.41, 5.74) is 3.04. The molecule has 2 aliphatic heterocycles. The van der Waals surface area contributed by atoms with E-state index >= 15 is 0 Å². The molecular weight excluding hydrogens is 198 g/mol. The van der Waals surface area contributed by atoms with E-state index in [9.17, 15) is 0 Å². The average Bonchev–Trinajstić information content (AvgIpc) is 2.84. The molecule has 0 aromatic heterocycles. The maximum absolute atomic E-state index is 5.32. The van der Waals surface area contributed by atoms with Crippen LogP contribution in [0.2, 0.25) is 0 Å². The van der Waals surface area contributed by atoms with Crippen LogP contribution in [0.1, 0.15) is 49.9 Å². The fraction of sp³-hybridized carbons (Fsp3) is 0.571. The Kier molecular flexibility index (Phi) is 2.21. The van der Waals surface area contributed by atoms with Crippen molar-refractivity contribution in [2.45, 2.75) is 44.8 Å². The van der Waals surface area contributed by atoms with Crippen molar-refractivity contribution < 1.29 is 4.74 Å².